The van der Waals surface area contributed by atoms with E-state index in [2.05, 4.69) is 10.1 Å². The van der Waals surface area contributed by atoms with Crippen molar-refractivity contribution >= 4 is 17.3 Å². The molecule has 19 heavy (non-hydrogen) atoms. The summed E-state index contributed by atoms with van der Waals surface area (Å²) in [5, 5.41) is 13.7. The fourth-order valence-electron chi connectivity index (χ4n) is 1.52. The second-order valence-corrected chi connectivity index (χ2v) is 3.88. The Labute approximate surface area is 109 Å². The van der Waals surface area contributed by atoms with Gasteiger partial charge in [-0.1, -0.05) is 13.3 Å². The van der Waals surface area contributed by atoms with Crippen LogP contribution in [0, 0.1) is 15.9 Å². The van der Waals surface area contributed by atoms with Gasteiger partial charge in [0.15, 0.2) is 0 Å². The number of benzene rings is 1. The van der Waals surface area contributed by atoms with E-state index in [1.807, 2.05) is 6.92 Å². The van der Waals surface area contributed by atoms with Crippen LogP contribution in [0.5, 0.6) is 0 Å². The van der Waals surface area contributed by atoms with Crippen LogP contribution in [0.15, 0.2) is 12.1 Å². The number of carbonyl (C=O) groups is 1. The number of nitrogens with zero attached hydrogens (tertiary/aromatic N) is 1. The smallest absolute Gasteiger partial charge is 0.340 e. The Kier molecular flexibility index (Phi) is 5.23. The number of nitro groups is 1. The molecule has 1 aromatic rings. The summed E-state index contributed by atoms with van der Waals surface area (Å²) in [6, 6.07) is 1.83. The van der Waals surface area contributed by atoms with E-state index in [1.54, 1.807) is 0 Å². The summed E-state index contributed by atoms with van der Waals surface area (Å²) in [5.41, 5.74) is -0.617. The summed E-state index contributed by atoms with van der Waals surface area (Å²) >= 11 is 0. The highest BCUT2D eigenvalue weighted by atomic mass is 19.1. The number of nitrogens with one attached hydrogen (secondary N) is 1. The number of nitro benzene ring substituents is 1. The van der Waals surface area contributed by atoms with Gasteiger partial charge in [0, 0.05) is 6.54 Å². The van der Waals surface area contributed by atoms with Gasteiger partial charge in [-0.3, -0.25) is 10.1 Å². The Hall–Kier alpha value is -2.18. The number of hydrogen-bond donors (Lipinski definition) is 1. The van der Waals surface area contributed by atoms with Gasteiger partial charge in [0.05, 0.1) is 23.7 Å². The lowest BCUT2D eigenvalue weighted by atomic mass is 10.1. The summed E-state index contributed by atoms with van der Waals surface area (Å²) in [6.07, 6.45) is 1.72. The highest BCUT2D eigenvalue weighted by molar-refractivity contribution is 5.91. The number of esters is 1. The first-order chi connectivity index (χ1) is 9.01. The van der Waals surface area contributed by atoms with Gasteiger partial charge in [-0.05, 0) is 12.5 Å². The van der Waals surface area contributed by atoms with E-state index in [0.717, 1.165) is 32.1 Å². The zero-order valence-corrected chi connectivity index (χ0v) is 10.7. The molecule has 1 aromatic carbocycles. The monoisotopic (exact) mass is 270 g/mol. The van der Waals surface area contributed by atoms with Gasteiger partial charge in [0.2, 0.25) is 0 Å². The predicted octanol–water partition coefficient (Wildman–Crippen LogP) is 2.73. The quantitative estimate of drug-likeness (QED) is 0.372. The zero-order chi connectivity index (χ0) is 14.4. The lowest BCUT2D eigenvalue weighted by molar-refractivity contribution is -0.384. The van der Waals surface area contributed by atoms with Crippen LogP contribution in [0.1, 0.15) is 30.1 Å². The fraction of sp³-hybridized carbons (Fsp3) is 0.417. The van der Waals surface area contributed by atoms with Gasteiger partial charge in [-0.2, -0.15) is 0 Å². The number of hydrogen-bond acceptors (Lipinski definition) is 5. The van der Waals surface area contributed by atoms with Crippen LogP contribution in [0.25, 0.3) is 0 Å². The Morgan fingerprint density at radius 1 is 1.53 bits per heavy atom. The minimum Gasteiger partial charge on any atom is -0.465 e. The molecule has 0 bridgehead atoms. The molecule has 0 saturated carbocycles. The summed E-state index contributed by atoms with van der Waals surface area (Å²) < 4.78 is 18.0. The summed E-state index contributed by atoms with van der Waals surface area (Å²) in [5.74, 6) is -1.84. The van der Waals surface area contributed by atoms with Crippen LogP contribution in [0.3, 0.4) is 0 Å². The Bertz CT molecular complexity index is 491. The van der Waals surface area contributed by atoms with E-state index >= 15 is 0 Å². The van der Waals surface area contributed by atoms with Crippen molar-refractivity contribution in [3.05, 3.63) is 33.6 Å². The minimum absolute atomic E-state index is 0.111. The molecule has 0 amide bonds. The largest absolute Gasteiger partial charge is 0.465 e. The molecule has 6 nitrogen and oxygen atoms in total. The van der Waals surface area contributed by atoms with Crippen LogP contribution < -0.4 is 5.32 Å². The van der Waals surface area contributed by atoms with Crippen molar-refractivity contribution in [3.63, 3.8) is 0 Å². The summed E-state index contributed by atoms with van der Waals surface area (Å²) in [7, 11) is 1.12. The van der Waals surface area contributed by atoms with Crippen LogP contribution in [-0.4, -0.2) is 24.5 Å². The average Bonchev–Trinajstić information content (AvgIpc) is 2.39. The molecule has 1 rings (SSSR count). The number of unbranched alkanes of at least 4 members (excludes halogenated alkanes) is 1. The number of anilines is 1. The third kappa shape index (κ3) is 3.64. The summed E-state index contributed by atoms with van der Waals surface area (Å²) in [4.78, 5) is 21.5. The number of ether oxygens (including phenoxy) is 1. The standard InChI is InChI=1S/C12H15FN2O4/c1-3-4-5-14-10-6-8(12(16)19-2)9(13)7-11(10)15(17)18/h6-7,14H,3-5H2,1-2H3. The van der Waals surface area contributed by atoms with E-state index in [9.17, 15) is 19.3 Å². The lowest BCUT2D eigenvalue weighted by Crippen LogP contribution is -2.09. The topological polar surface area (TPSA) is 81.5 Å². The molecule has 0 atom stereocenters. The first kappa shape index (κ1) is 14.9. The van der Waals surface area contributed by atoms with Crippen molar-refractivity contribution in [2.45, 2.75) is 19.8 Å². The van der Waals surface area contributed by atoms with Crippen LogP contribution in [0.4, 0.5) is 15.8 Å². The SMILES string of the molecule is CCCCNc1cc(C(=O)OC)c(F)cc1[N+](=O)[O-]. The van der Waals surface area contributed by atoms with Gasteiger partial charge in [0.25, 0.3) is 5.69 Å². The van der Waals surface area contributed by atoms with Crippen molar-refractivity contribution in [3.8, 4) is 0 Å². The Balaban J connectivity index is 3.15. The highest BCUT2D eigenvalue weighted by Gasteiger charge is 2.22. The maximum atomic E-state index is 13.6. The molecule has 0 unspecified atom stereocenters. The maximum Gasteiger partial charge on any atom is 0.340 e. The normalized spacial score (nSPS) is 10.1. The number of rotatable bonds is 6. The van der Waals surface area contributed by atoms with E-state index in [0.29, 0.717) is 6.54 Å². The molecule has 0 aliphatic heterocycles. The van der Waals surface area contributed by atoms with Gasteiger partial charge >= 0.3 is 5.97 Å². The van der Waals surface area contributed by atoms with Crippen LogP contribution in [-0.2, 0) is 4.74 Å². The van der Waals surface area contributed by atoms with E-state index in [-0.39, 0.29) is 11.3 Å². The number of halogens is 1. The van der Waals surface area contributed by atoms with E-state index in [1.165, 1.54) is 0 Å². The molecule has 1 N–H and O–H groups in total. The van der Waals surface area contributed by atoms with E-state index in [4.69, 9.17) is 0 Å². The minimum atomic E-state index is -0.973. The first-order valence-electron chi connectivity index (χ1n) is 5.81. The summed E-state index contributed by atoms with van der Waals surface area (Å²) in [6.45, 7) is 2.48. The predicted molar refractivity (Wildman–Crippen MR) is 67.8 cm³/mol. The zero-order valence-electron chi connectivity index (χ0n) is 10.7. The van der Waals surface area contributed by atoms with Gasteiger partial charge in [0.1, 0.15) is 11.5 Å². The highest BCUT2D eigenvalue weighted by Crippen LogP contribution is 2.28. The molecule has 0 aromatic heterocycles. The molecular weight excluding hydrogens is 255 g/mol. The molecule has 104 valence electrons. The van der Waals surface area contributed by atoms with Gasteiger partial charge < -0.3 is 10.1 Å². The molecule has 0 aliphatic carbocycles. The second kappa shape index (κ2) is 6.67. The third-order valence-electron chi connectivity index (χ3n) is 2.53. The second-order valence-electron chi connectivity index (χ2n) is 3.88. The molecular formula is C12H15FN2O4. The average molecular weight is 270 g/mol. The Morgan fingerprint density at radius 2 is 2.21 bits per heavy atom. The molecule has 0 heterocycles. The number of methoxy groups -OCH3 is 1. The molecule has 7 heteroatoms. The maximum absolute atomic E-state index is 13.6. The third-order valence-corrected chi connectivity index (χ3v) is 2.53. The van der Waals surface area contributed by atoms with Crippen LogP contribution >= 0.6 is 0 Å². The first-order valence-corrected chi connectivity index (χ1v) is 5.81. The lowest BCUT2D eigenvalue weighted by Gasteiger charge is -2.09. The molecule has 0 aliphatic rings. The molecule has 0 saturated heterocycles. The van der Waals surface area contributed by atoms with Crippen molar-refractivity contribution < 1.29 is 18.8 Å². The molecule has 0 fully saturated rings. The van der Waals surface area contributed by atoms with Crippen molar-refractivity contribution in [2.75, 3.05) is 19.0 Å². The van der Waals surface area contributed by atoms with E-state index < -0.39 is 22.4 Å². The molecule has 0 spiro atoms. The fourth-order valence-corrected chi connectivity index (χ4v) is 1.52. The van der Waals surface area contributed by atoms with Crippen LogP contribution in [0.2, 0.25) is 0 Å². The van der Waals surface area contributed by atoms with Crippen molar-refractivity contribution in [1.82, 2.24) is 0 Å². The van der Waals surface area contributed by atoms with Gasteiger partial charge in [-0.15, -0.1) is 0 Å². The van der Waals surface area contributed by atoms with Crippen molar-refractivity contribution in [1.29, 1.82) is 0 Å². The Morgan fingerprint density at radius 3 is 2.74 bits per heavy atom. The number of carbonyl (C=O) groups excluding carboxylic acids is 1. The molecule has 0 radical (unpaired) electrons. The van der Waals surface area contributed by atoms with Gasteiger partial charge in [-0.25, -0.2) is 9.18 Å². The van der Waals surface area contributed by atoms with Crippen molar-refractivity contribution in [2.24, 2.45) is 0 Å².